The maximum Gasteiger partial charge on any atom is 0.234 e. The lowest BCUT2D eigenvalue weighted by molar-refractivity contribution is 0.367. The molecule has 1 atom stereocenters. The van der Waals surface area contributed by atoms with Gasteiger partial charge in [0.2, 0.25) is 11.3 Å². The maximum atomic E-state index is 10.2. The fraction of sp³-hybridized carbons (Fsp3) is 1.00. The Morgan fingerprint density at radius 3 is 2.57 bits per heavy atom. The van der Waals surface area contributed by atoms with Crippen molar-refractivity contribution in [1.82, 2.24) is 4.72 Å². The van der Waals surface area contributed by atoms with Crippen LogP contribution in [0.1, 0.15) is 6.92 Å². The summed E-state index contributed by atoms with van der Waals surface area (Å²) in [5, 5.41) is 0. The second-order valence-corrected chi connectivity index (χ2v) is 1.96. The van der Waals surface area contributed by atoms with E-state index in [2.05, 4.69) is 8.91 Å². The summed E-state index contributed by atoms with van der Waals surface area (Å²) in [6.45, 7) is 2.27. The highest BCUT2D eigenvalue weighted by Gasteiger charge is 1.86. The highest BCUT2D eigenvalue weighted by molar-refractivity contribution is 7.78. The van der Waals surface area contributed by atoms with E-state index in [0.29, 0.717) is 6.61 Å². The largest absolute Gasteiger partial charge is 0.279 e. The first-order valence-electron chi connectivity index (χ1n) is 2.03. The Morgan fingerprint density at radius 2 is 2.43 bits per heavy atom. The van der Waals surface area contributed by atoms with Crippen molar-refractivity contribution < 1.29 is 8.39 Å². The number of hydrogen-bond acceptors (Lipinski definition) is 2. The lowest BCUT2D eigenvalue weighted by Crippen LogP contribution is -2.12. The van der Waals surface area contributed by atoms with Gasteiger partial charge in [-0.25, -0.2) is 8.93 Å². The van der Waals surface area contributed by atoms with Gasteiger partial charge >= 0.3 is 0 Å². The summed E-state index contributed by atoms with van der Waals surface area (Å²) < 4.78 is 17.2. The zero-order valence-electron chi connectivity index (χ0n) is 4.43. The Labute approximate surface area is 45.9 Å². The summed E-state index contributed by atoms with van der Waals surface area (Å²) >= 11 is -1.28. The SMILES string of the molecule is CCOS(=O)NC. The molecule has 0 aliphatic rings. The molecule has 0 saturated heterocycles. The molecule has 0 aromatic carbocycles. The zero-order chi connectivity index (χ0) is 5.70. The van der Waals surface area contributed by atoms with Crippen LogP contribution in [0.3, 0.4) is 0 Å². The lowest BCUT2D eigenvalue weighted by atomic mass is 10.9. The summed E-state index contributed by atoms with van der Waals surface area (Å²) in [6.07, 6.45) is 0. The molecule has 0 radical (unpaired) electrons. The van der Waals surface area contributed by atoms with E-state index in [0.717, 1.165) is 0 Å². The van der Waals surface area contributed by atoms with E-state index >= 15 is 0 Å². The van der Waals surface area contributed by atoms with Gasteiger partial charge in [-0.2, -0.15) is 0 Å². The van der Waals surface area contributed by atoms with Gasteiger partial charge in [0.25, 0.3) is 0 Å². The predicted octanol–water partition coefficient (Wildman–Crippen LogP) is -0.179. The van der Waals surface area contributed by atoms with Crippen LogP contribution in [-0.2, 0) is 15.4 Å². The quantitative estimate of drug-likeness (QED) is 0.565. The van der Waals surface area contributed by atoms with E-state index in [1.54, 1.807) is 14.0 Å². The number of hydrogen-bond donors (Lipinski definition) is 1. The van der Waals surface area contributed by atoms with E-state index < -0.39 is 11.3 Å². The van der Waals surface area contributed by atoms with Crippen LogP contribution in [0.25, 0.3) is 0 Å². The molecule has 4 heteroatoms. The second-order valence-electron chi connectivity index (χ2n) is 0.845. The van der Waals surface area contributed by atoms with Gasteiger partial charge in [0.1, 0.15) is 0 Å². The smallest absolute Gasteiger partial charge is 0.234 e. The van der Waals surface area contributed by atoms with Crippen molar-refractivity contribution in [2.45, 2.75) is 6.92 Å². The van der Waals surface area contributed by atoms with Gasteiger partial charge in [-0.1, -0.05) is 0 Å². The highest BCUT2D eigenvalue weighted by atomic mass is 32.2. The molecule has 0 bridgehead atoms. The predicted molar refractivity (Wildman–Crippen MR) is 28.8 cm³/mol. The van der Waals surface area contributed by atoms with Gasteiger partial charge in [-0.05, 0) is 14.0 Å². The molecule has 0 saturated carbocycles. The van der Waals surface area contributed by atoms with Gasteiger partial charge < -0.3 is 0 Å². The molecule has 44 valence electrons. The highest BCUT2D eigenvalue weighted by Crippen LogP contribution is 1.73. The first kappa shape index (κ1) is 7.07. The molecule has 0 aliphatic heterocycles. The Bertz CT molecular complexity index is 66.0. The minimum atomic E-state index is -1.28. The summed E-state index contributed by atoms with van der Waals surface area (Å²) in [5.41, 5.74) is 0. The molecule has 3 nitrogen and oxygen atoms in total. The fourth-order valence-electron chi connectivity index (χ4n) is 0.166. The third kappa shape index (κ3) is 3.91. The molecule has 0 heterocycles. The Balaban J connectivity index is 3.00. The number of rotatable bonds is 3. The average molecular weight is 123 g/mol. The third-order valence-electron chi connectivity index (χ3n) is 0.392. The van der Waals surface area contributed by atoms with Crippen molar-refractivity contribution in [3.8, 4) is 0 Å². The lowest BCUT2D eigenvalue weighted by Gasteiger charge is -1.93. The van der Waals surface area contributed by atoms with E-state index in [-0.39, 0.29) is 0 Å². The topological polar surface area (TPSA) is 38.3 Å². The monoisotopic (exact) mass is 123 g/mol. The van der Waals surface area contributed by atoms with Gasteiger partial charge in [0.15, 0.2) is 0 Å². The van der Waals surface area contributed by atoms with Gasteiger partial charge in [0, 0.05) is 0 Å². The van der Waals surface area contributed by atoms with Crippen LogP contribution >= 0.6 is 0 Å². The van der Waals surface area contributed by atoms with E-state index in [9.17, 15) is 4.21 Å². The van der Waals surface area contributed by atoms with Crippen LogP contribution in [0.5, 0.6) is 0 Å². The van der Waals surface area contributed by atoms with Crippen molar-refractivity contribution in [1.29, 1.82) is 0 Å². The van der Waals surface area contributed by atoms with Crippen molar-refractivity contribution >= 4 is 11.3 Å². The molecule has 0 aliphatic carbocycles. The minimum absolute atomic E-state index is 0.480. The minimum Gasteiger partial charge on any atom is -0.279 e. The van der Waals surface area contributed by atoms with Crippen LogP contribution in [0.4, 0.5) is 0 Å². The molecule has 0 aromatic rings. The molecule has 1 unspecified atom stereocenters. The van der Waals surface area contributed by atoms with Crippen molar-refractivity contribution in [3.05, 3.63) is 0 Å². The van der Waals surface area contributed by atoms with Gasteiger partial charge in [-0.15, -0.1) is 0 Å². The van der Waals surface area contributed by atoms with E-state index in [1.165, 1.54) is 0 Å². The summed E-state index contributed by atoms with van der Waals surface area (Å²) in [7, 11) is 1.58. The third-order valence-corrected chi connectivity index (χ3v) is 1.17. The molecule has 0 amide bonds. The molecular formula is C3H9NO2S. The fourth-order valence-corrected chi connectivity index (χ4v) is 0.498. The summed E-state index contributed by atoms with van der Waals surface area (Å²) in [5.74, 6) is 0. The standard InChI is InChI=1S/C3H9NO2S/c1-3-6-7(5)4-2/h4H,3H2,1-2H3. The molecule has 0 rings (SSSR count). The van der Waals surface area contributed by atoms with Crippen LogP contribution in [-0.4, -0.2) is 17.9 Å². The Kier molecular flexibility index (Phi) is 4.28. The molecule has 0 fully saturated rings. The summed E-state index contributed by atoms with van der Waals surface area (Å²) in [4.78, 5) is 0. The van der Waals surface area contributed by atoms with Crippen LogP contribution < -0.4 is 4.72 Å². The van der Waals surface area contributed by atoms with E-state index in [4.69, 9.17) is 0 Å². The Morgan fingerprint density at radius 1 is 1.86 bits per heavy atom. The van der Waals surface area contributed by atoms with Crippen LogP contribution in [0.15, 0.2) is 0 Å². The van der Waals surface area contributed by atoms with E-state index in [1.807, 2.05) is 0 Å². The van der Waals surface area contributed by atoms with Gasteiger partial charge in [-0.3, -0.25) is 4.18 Å². The molecule has 7 heavy (non-hydrogen) atoms. The first-order valence-corrected chi connectivity index (χ1v) is 3.11. The normalized spacial score (nSPS) is 14.0. The number of nitrogens with one attached hydrogen (secondary N) is 1. The molecule has 1 N–H and O–H groups in total. The van der Waals surface area contributed by atoms with Crippen LogP contribution in [0, 0.1) is 0 Å². The molecule has 0 spiro atoms. The van der Waals surface area contributed by atoms with Crippen LogP contribution in [0.2, 0.25) is 0 Å². The zero-order valence-corrected chi connectivity index (χ0v) is 5.25. The van der Waals surface area contributed by atoms with Gasteiger partial charge in [0.05, 0.1) is 6.61 Å². The maximum absolute atomic E-state index is 10.2. The molecule has 0 aromatic heterocycles. The van der Waals surface area contributed by atoms with Crippen molar-refractivity contribution in [3.63, 3.8) is 0 Å². The summed E-state index contributed by atoms with van der Waals surface area (Å²) in [6, 6.07) is 0. The Hall–Kier alpha value is 0.0700. The first-order chi connectivity index (χ1) is 3.31. The molecular weight excluding hydrogens is 114 g/mol. The second kappa shape index (κ2) is 4.23. The average Bonchev–Trinajstić information content (AvgIpc) is 1.68. The van der Waals surface area contributed by atoms with Crippen molar-refractivity contribution in [2.24, 2.45) is 0 Å². The van der Waals surface area contributed by atoms with Crippen molar-refractivity contribution in [2.75, 3.05) is 13.7 Å².